The molecule has 1 heterocycles. The highest BCUT2D eigenvalue weighted by Gasteiger charge is 2.14. The van der Waals surface area contributed by atoms with Gasteiger partial charge < -0.3 is 0 Å². The lowest BCUT2D eigenvalue weighted by Crippen LogP contribution is -2.19. The van der Waals surface area contributed by atoms with Crippen molar-refractivity contribution in [3.8, 4) is 0 Å². The second-order valence-corrected chi connectivity index (χ2v) is 5.32. The largest absolute Gasteiger partial charge is 0.273 e. The van der Waals surface area contributed by atoms with Crippen molar-refractivity contribution in [2.75, 3.05) is 0 Å². The maximum atomic E-state index is 12.0. The summed E-state index contributed by atoms with van der Waals surface area (Å²) in [7, 11) is 0. The monoisotopic (exact) mass is 303 g/mol. The lowest BCUT2D eigenvalue weighted by molar-refractivity contribution is -0.385. The van der Waals surface area contributed by atoms with Crippen LogP contribution in [0, 0.1) is 17.0 Å². The molecule has 0 bridgehead atoms. The lowest BCUT2D eigenvalue weighted by atomic mass is 10.1. The van der Waals surface area contributed by atoms with Crippen LogP contribution in [0.5, 0.6) is 0 Å². The number of hydrazone groups is 1. The summed E-state index contributed by atoms with van der Waals surface area (Å²) in [6.45, 7) is 3.41. The van der Waals surface area contributed by atoms with Crippen molar-refractivity contribution < 1.29 is 9.72 Å². The summed E-state index contributed by atoms with van der Waals surface area (Å²) in [6, 6.07) is 8.12. The summed E-state index contributed by atoms with van der Waals surface area (Å²) < 4.78 is 0. The van der Waals surface area contributed by atoms with Crippen molar-refractivity contribution in [2.24, 2.45) is 5.10 Å². The number of nitrogens with zero attached hydrogens (tertiary/aromatic N) is 2. The first-order valence-corrected chi connectivity index (χ1v) is 7.00. The van der Waals surface area contributed by atoms with Gasteiger partial charge in [-0.2, -0.15) is 5.10 Å². The van der Waals surface area contributed by atoms with Gasteiger partial charge in [0.1, 0.15) is 0 Å². The smallest absolute Gasteiger partial charge is 0.267 e. The molecule has 0 spiro atoms. The van der Waals surface area contributed by atoms with Crippen LogP contribution in [0.15, 0.2) is 40.8 Å². The van der Waals surface area contributed by atoms with E-state index in [-0.39, 0.29) is 11.3 Å². The molecule has 0 fully saturated rings. The van der Waals surface area contributed by atoms with Crippen molar-refractivity contribution in [3.63, 3.8) is 0 Å². The maximum Gasteiger partial charge on any atom is 0.273 e. The highest BCUT2D eigenvalue weighted by molar-refractivity contribution is 7.12. The zero-order valence-corrected chi connectivity index (χ0v) is 12.3. The van der Waals surface area contributed by atoms with Gasteiger partial charge >= 0.3 is 0 Å². The number of carbonyl (C=O) groups is 1. The molecule has 2 aromatic rings. The van der Waals surface area contributed by atoms with Crippen molar-refractivity contribution in [1.29, 1.82) is 0 Å². The summed E-state index contributed by atoms with van der Waals surface area (Å²) in [5.41, 5.74) is 3.72. The molecule has 0 atom stereocenters. The van der Waals surface area contributed by atoms with Crippen LogP contribution in [0.2, 0.25) is 0 Å². The summed E-state index contributed by atoms with van der Waals surface area (Å²) >= 11 is 1.52. The molecule has 0 saturated heterocycles. The van der Waals surface area contributed by atoms with Crippen molar-refractivity contribution >= 4 is 28.6 Å². The van der Waals surface area contributed by atoms with E-state index in [1.54, 1.807) is 19.9 Å². The number of hydrogen-bond donors (Lipinski definition) is 1. The zero-order chi connectivity index (χ0) is 15.4. The predicted octanol–water partition coefficient (Wildman–Crippen LogP) is 3.12. The number of aryl methyl sites for hydroxylation is 1. The number of nitrogens with one attached hydrogen (secondary N) is 1. The topological polar surface area (TPSA) is 84.6 Å². The molecule has 1 N–H and O–H groups in total. The van der Waals surface area contributed by atoms with Gasteiger partial charge in [-0.1, -0.05) is 12.1 Å². The van der Waals surface area contributed by atoms with E-state index in [0.717, 1.165) is 4.88 Å². The summed E-state index contributed by atoms with van der Waals surface area (Å²) in [6.07, 6.45) is 0. The number of hydrogen-bond acceptors (Lipinski definition) is 5. The van der Waals surface area contributed by atoms with Gasteiger partial charge in [0.25, 0.3) is 11.6 Å². The van der Waals surface area contributed by atoms with E-state index >= 15 is 0 Å². The molecule has 0 aliphatic heterocycles. The average molecular weight is 303 g/mol. The van der Waals surface area contributed by atoms with E-state index < -0.39 is 10.8 Å². The van der Waals surface area contributed by atoms with E-state index in [9.17, 15) is 14.9 Å². The first kappa shape index (κ1) is 14.9. The number of carbonyl (C=O) groups excluding carboxylic acids is 1. The van der Waals surface area contributed by atoms with Crippen molar-refractivity contribution in [1.82, 2.24) is 5.43 Å². The van der Waals surface area contributed by atoms with Crippen LogP contribution in [-0.2, 0) is 0 Å². The summed E-state index contributed by atoms with van der Waals surface area (Å²) in [5.74, 6) is -0.478. The average Bonchev–Trinajstić information content (AvgIpc) is 2.98. The molecule has 6 nitrogen and oxygen atoms in total. The standard InChI is InChI=1S/C14H13N3O3S/c1-9-5-6-11(8-12(9)17(19)20)14(18)16-15-10(2)13-4-3-7-21-13/h3-8H,1-2H3,(H,16,18)/b15-10+. The Labute approximate surface area is 125 Å². The minimum Gasteiger partial charge on any atom is -0.267 e. The van der Waals surface area contributed by atoms with E-state index in [1.165, 1.54) is 23.5 Å². The maximum absolute atomic E-state index is 12.0. The zero-order valence-electron chi connectivity index (χ0n) is 11.5. The molecular weight excluding hydrogens is 290 g/mol. The minimum atomic E-state index is -0.508. The first-order chi connectivity index (χ1) is 9.99. The Balaban J connectivity index is 2.16. The molecule has 1 aromatic heterocycles. The fraction of sp³-hybridized carbons (Fsp3) is 0.143. The Morgan fingerprint density at radius 1 is 1.38 bits per heavy atom. The Hall–Kier alpha value is -2.54. The molecule has 7 heteroatoms. The fourth-order valence-corrected chi connectivity index (χ4v) is 2.36. The van der Waals surface area contributed by atoms with E-state index in [1.807, 2.05) is 17.5 Å². The number of thiophene rings is 1. The minimum absolute atomic E-state index is 0.0818. The molecular formula is C14H13N3O3S. The molecule has 2 rings (SSSR count). The van der Waals surface area contributed by atoms with Gasteiger partial charge in [0.2, 0.25) is 0 Å². The third-order valence-electron chi connectivity index (χ3n) is 2.87. The van der Waals surface area contributed by atoms with Crippen LogP contribution in [0.1, 0.15) is 27.7 Å². The Kier molecular flexibility index (Phi) is 4.44. The van der Waals surface area contributed by atoms with Crippen LogP contribution < -0.4 is 5.43 Å². The van der Waals surface area contributed by atoms with Gasteiger partial charge in [-0.3, -0.25) is 14.9 Å². The first-order valence-electron chi connectivity index (χ1n) is 6.12. The molecule has 0 radical (unpaired) electrons. The molecule has 1 amide bonds. The third kappa shape index (κ3) is 3.51. The number of rotatable bonds is 4. The number of benzene rings is 1. The van der Waals surface area contributed by atoms with E-state index in [4.69, 9.17) is 0 Å². The van der Waals surface area contributed by atoms with Crippen LogP contribution in [0.25, 0.3) is 0 Å². The molecule has 0 saturated carbocycles. The highest BCUT2D eigenvalue weighted by Crippen LogP contribution is 2.19. The van der Waals surface area contributed by atoms with Crippen LogP contribution in [-0.4, -0.2) is 16.5 Å². The van der Waals surface area contributed by atoms with Gasteiger partial charge in [-0.25, -0.2) is 5.43 Å². The molecule has 108 valence electrons. The summed E-state index contributed by atoms with van der Waals surface area (Å²) in [4.78, 5) is 23.3. The van der Waals surface area contributed by atoms with E-state index in [2.05, 4.69) is 10.5 Å². The van der Waals surface area contributed by atoms with Gasteiger partial charge in [0.05, 0.1) is 10.6 Å². The Morgan fingerprint density at radius 3 is 2.76 bits per heavy atom. The Bertz CT molecular complexity index is 708. The quantitative estimate of drug-likeness (QED) is 0.535. The Morgan fingerprint density at radius 2 is 2.14 bits per heavy atom. The van der Waals surface area contributed by atoms with Crippen molar-refractivity contribution in [3.05, 3.63) is 61.8 Å². The molecule has 1 aromatic carbocycles. The molecule has 0 aliphatic carbocycles. The van der Waals surface area contributed by atoms with Crippen LogP contribution in [0.3, 0.4) is 0 Å². The van der Waals surface area contributed by atoms with Gasteiger partial charge in [0.15, 0.2) is 0 Å². The number of amides is 1. The van der Waals surface area contributed by atoms with Gasteiger partial charge in [-0.05, 0) is 31.4 Å². The highest BCUT2D eigenvalue weighted by atomic mass is 32.1. The van der Waals surface area contributed by atoms with Crippen LogP contribution >= 0.6 is 11.3 Å². The molecule has 0 aliphatic rings. The third-order valence-corrected chi connectivity index (χ3v) is 3.85. The van der Waals surface area contributed by atoms with Crippen LogP contribution in [0.4, 0.5) is 5.69 Å². The second-order valence-electron chi connectivity index (χ2n) is 4.37. The fourth-order valence-electron chi connectivity index (χ4n) is 1.69. The van der Waals surface area contributed by atoms with Gasteiger partial charge in [-0.15, -0.1) is 11.3 Å². The van der Waals surface area contributed by atoms with Crippen molar-refractivity contribution in [2.45, 2.75) is 13.8 Å². The second kappa shape index (κ2) is 6.27. The number of nitro benzene ring substituents is 1. The van der Waals surface area contributed by atoms with Gasteiger partial charge in [0, 0.05) is 22.1 Å². The normalized spacial score (nSPS) is 11.2. The predicted molar refractivity (Wildman–Crippen MR) is 81.8 cm³/mol. The molecule has 21 heavy (non-hydrogen) atoms. The summed E-state index contributed by atoms with van der Waals surface area (Å²) in [5, 5.41) is 16.8. The lowest BCUT2D eigenvalue weighted by Gasteiger charge is -2.03. The molecule has 0 unspecified atom stereocenters. The SMILES string of the molecule is C/C(=N\NC(=O)c1ccc(C)c([N+](=O)[O-])c1)c1cccs1. The number of nitro groups is 1. The van der Waals surface area contributed by atoms with E-state index in [0.29, 0.717) is 11.3 Å².